The summed E-state index contributed by atoms with van der Waals surface area (Å²) in [5.74, 6) is 0. The average Bonchev–Trinajstić information content (AvgIpc) is 3.06. The number of rotatable bonds is 4. The molecule has 2 heterocycles. The predicted octanol–water partition coefficient (Wildman–Crippen LogP) is 5.36. The molecule has 3 aromatic rings. The monoisotopic (exact) mass is 413 g/mol. The summed E-state index contributed by atoms with van der Waals surface area (Å²) in [5, 5.41) is 6.34. The highest BCUT2D eigenvalue weighted by Gasteiger charge is 2.20. The van der Waals surface area contributed by atoms with Gasteiger partial charge in [0.25, 0.3) is 5.56 Å². The summed E-state index contributed by atoms with van der Waals surface area (Å²) in [5.41, 5.74) is 5.76. The maximum absolute atomic E-state index is 13.2. The van der Waals surface area contributed by atoms with Gasteiger partial charge in [-0.15, -0.1) is 0 Å². The van der Waals surface area contributed by atoms with Gasteiger partial charge in [-0.25, -0.2) is 4.68 Å². The van der Waals surface area contributed by atoms with Crippen LogP contribution in [0.2, 0.25) is 5.02 Å². The zero-order valence-electron chi connectivity index (χ0n) is 16.5. The van der Waals surface area contributed by atoms with Crippen molar-refractivity contribution >= 4 is 22.5 Å². The van der Waals surface area contributed by atoms with Crippen molar-refractivity contribution in [1.29, 1.82) is 0 Å². The van der Waals surface area contributed by atoms with Gasteiger partial charge in [-0.3, -0.25) is 4.79 Å². The third kappa shape index (κ3) is 3.40. The van der Waals surface area contributed by atoms with Crippen molar-refractivity contribution in [3.63, 3.8) is 0 Å². The molecule has 2 aliphatic heterocycles. The Labute approximate surface area is 179 Å². The third-order valence-corrected chi connectivity index (χ3v) is 5.63. The average molecular weight is 414 g/mol. The maximum Gasteiger partial charge on any atom is 0.278 e. The number of hydrogen-bond acceptors (Lipinski definition) is 2. The number of pyridine rings is 1. The molecule has 0 unspecified atom stereocenters. The summed E-state index contributed by atoms with van der Waals surface area (Å²) in [6.45, 7) is 3.20. The lowest BCUT2D eigenvalue weighted by atomic mass is 10.1. The highest BCUT2D eigenvalue weighted by Crippen LogP contribution is 2.28. The van der Waals surface area contributed by atoms with Gasteiger partial charge in [-0.1, -0.05) is 71.8 Å². The van der Waals surface area contributed by atoms with Crippen molar-refractivity contribution in [1.82, 2.24) is 14.3 Å². The number of aryl methyl sites for hydroxylation is 1. The second-order valence-electron chi connectivity index (χ2n) is 7.61. The first-order valence-corrected chi connectivity index (χ1v) is 10.2. The Morgan fingerprint density at radius 2 is 1.70 bits per heavy atom. The number of hydrogen-bond donors (Lipinski definition) is 0. The van der Waals surface area contributed by atoms with E-state index in [4.69, 9.17) is 11.6 Å². The van der Waals surface area contributed by atoms with Crippen LogP contribution in [0.3, 0.4) is 0 Å². The maximum atomic E-state index is 13.2. The summed E-state index contributed by atoms with van der Waals surface area (Å²) in [6.07, 6.45) is 1.94. The van der Waals surface area contributed by atoms with Gasteiger partial charge in [0.1, 0.15) is 5.69 Å². The van der Waals surface area contributed by atoms with Gasteiger partial charge in [-0.2, -0.15) is 5.10 Å². The van der Waals surface area contributed by atoms with Gasteiger partial charge in [0, 0.05) is 23.2 Å². The molecule has 30 heavy (non-hydrogen) atoms. The van der Waals surface area contributed by atoms with Gasteiger partial charge in [0.15, 0.2) is 0 Å². The molecule has 5 rings (SSSR count). The molecule has 2 aliphatic rings. The summed E-state index contributed by atoms with van der Waals surface area (Å²) in [7, 11) is 0. The van der Waals surface area contributed by atoms with Crippen LogP contribution in [0.25, 0.3) is 22.2 Å². The molecule has 0 N–H and O–H groups in total. The summed E-state index contributed by atoms with van der Waals surface area (Å²) < 4.78 is 3.68. The molecule has 3 aromatic carbocycles. The first kappa shape index (κ1) is 18.6. The number of fused-ring (bicyclic) bond motifs is 3. The van der Waals surface area contributed by atoms with Gasteiger partial charge < -0.3 is 4.57 Å². The molecule has 148 valence electrons. The fraction of sp³-hybridized carbons (Fsp3) is 0.120. The number of benzene rings is 3. The summed E-state index contributed by atoms with van der Waals surface area (Å²) >= 11 is 5.98. The van der Waals surface area contributed by atoms with Crippen molar-refractivity contribution in [2.45, 2.75) is 20.0 Å². The lowest BCUT2D eigenvalue weighted by Crippen LogP contribution is -2.17. The minimum Gasteiger partial charge on any atom is -0.342 e. The van der Waals surface area contributed by atoms with Crippen molar-refractivity contribution in [2.75, 3.05) is 0 Å². The van der Waals surface area contributed by atoms with Crippen molar-refractivity contribution in [3.05, 3.63) is 111 Å². The standard InChI is InChI=1S/C25H20ClN3O/c1-17-5-4-6-19(13-17)14-28-16-22-24(21-7-2-3-8-23(21)28)27-29(25(22)30)15-18-9-11-20(26)12-10-18/h2-13,16H,14-15H2,1H3. The fourth-order valence-corrected chi connectivity index (χ4v) is 4.06. The van der Waals surface area contributed by atoms with Crippen LogP contribution >= 0.6 is 11.6 Å². The minimum atomic E-state index is -0.0799. The Bertz CT molecular complexity index is 1380. The van der Waals surface area contributed by atoms with E-state index in [2.05, 4.69) is 46.9 Å². The second kappa shape index (κ2) is 7.47. The summed E-state index contributed by atoms with van der Waals surface area (Å²) in [4.78, 5) is 13.2. The largest absolute Gasteiger partial charge is 0.342 e. The zero-order valence-corrected chi connectivity index (χ0v) is 17.3. The van der Waals surface area contributed by atoms with E-state index >= 15 is 0 Å². The van der Waals surface area contributed by atoms with E-state index in [1.165, 1.54) is 15.8 Å². The van der Waals surface area contributed by atoms with Crippen LogP contribution in [0, 0.1) is 6.92 Å². The number of para-hydroxylation sites is 1. The molecule has 0 aliphatic carbocycles. The van der Waals surface area contributed by atoms with E-state index in [0.717, 1.165) is 22.2 Å². The SMILES string of the molecule is Cc1cccc(Cn2cc3c(=O)n(Cc4ccc(Cl)cc4)nc-3c3ccccc32)c1. The molecule has 0 amide bonds. The molecule has 0 spiro atoms. The Kier molecular flexibility index (Phi) is 4.64. The first-order chi connectivity index (χ1) is 14.6. The molecule has 5 heteroatoms. The van der Waals surface area contributed by atoms with Crippen LogP contribution in [-0.4, -0.2) is 14.3 Å². The molecule has 0 aromatic heterocycles. The predicted molar refractivity (Wildman–Crippen MR) is 121 cm³/mol. The second-order valence-corrected chi connectivity index (χ2v) is 8.05. The highest BCUT2D eigenvalue weighted by atomic mass is 35.5. The van der Waals surface area contributed by atoms with E-state index in [1.807, 2.05) is 48.7 Å². The Morgan fingerprint density at radius 1 is 0.900 bits per heavy atom. The van der Waals surface area contributed by atoms with Crippen molar-refractivity contribution in [2.24, 2.45) is 0 Å². The molecule has 0 fully saturated rings. The topological polar surface area (TPSA) is 39.8 Å². The van der Waals surface area contributed by atoms with Crippen LogP contribution in [0.15, 0.2) is 83.8 Å². The Balaban J connectivity index is 1.65. The first-order valence-electron chi connectivity index (χ1n) is 9.87. The van der Waals surface area contributed by atoms with E-state index in [0.29, 0.717) is 23.7 Å². The van der Waals surface area contributed by atoms with Crippen LogP contribution in [0.1, 0.15) is 16.7 Å². The minimum absolute atomic E-state index is 0.0799. The van der Waals surface area contributed by atoms with Crippen LogP contribution in [-0.2, 0) is 13.1 Å². The Morgan fingerprint density at radius 3 is 2.50 bits per heavy atom. The molecule has 0 radical (unpaired) electrons. The van der Waals surface area contributed by atoms with Crippen LogP contribution < -0.4 is 5.56 Å². The van der Waals surface area contributed by atoms with Gasteiger partial charge in [-0.05, 0) is 36.2 Å². The van der Waals surface area contributed by atoms with Crippen LogP contribution in [0.4, 0.5) is 0 Å². The van der Waals surface area contributed by atoms with E-state index in [-0.39, 0.29) is 5.56 Å². The third-order valence-electron chi connectivity index (χ3n) is 5.38. The molecule has 0 atom stereocenters. The van der Waals surface area contributed by atoms with E-state index in [1.54, 1.807) is 0 Å². The van der Waals surface area contributed by atoms with E-state index < -0.39 is 0 Å². The summed E-state index contributed by atoms with van der Waals surface area (Å²) in [6, 6.07) is 24.1. The smallest absolute Gasteiger partial charge is 0.278 e. The lowest BCUT2D eigenvalue weighted by molar-refractivity contribution is 0.670. The number of aromatic nitrogens is 3. The van der Waals surface area contributed by atoms with Gasteiger partial charge in [0.2, 0.25) is 0 Å². The fourth-order valence-electron chi connectivity index (χ4n) is 3.93. The molecule has 4 nitrogen and oxygen atoms in total. The number of halogens is 1. The molecule has 0 bridgehead atoms. The highest BCUT2D eigenvalue weighted by molar-refractivity contribution is 6.30. The zero-order chi connectivity index (χ0) is 20.7. The normalized spacial score (nSPS) is 11.4. The van der Waals surface area contributed by atoms with Crippen molar-refractivity contribution < 1.29 is 0 Å². The lowest BCUT2D eigenvalue weighted by Gasteiger charge is -2.14. The van der Waals surface area contributed by atoms with Crippen molar-refractivity contribution in [3.8, 4) is 11.3 Å². The Hall–Kier alpha value is -3.37. The van der Waals surface area contributed by atoms with Gasteiger partial charge in [0.05, 0.1) is 17.6 Å². The quantitative estimate of drug-likeness (QED) is 0.398. The van der Waals surface area contributed by atoms with E-state index in [9.17, 15) is 4.79 Å². The van der Waals surface area contributed by atoms with Gasteiger partial charge >= 0.3 is 0 Å². The molecule has 0 saturated carbocycles. The molecule has 0 saturated heterocycles. The van der Waals surface area contributed by atoms with Crippen LogP contribution in [0.5, 0.6) is 0 Å². The number of nitrogens with zero attached hydrogens (tertiary/aromatic N) is 3. The molecular weight excluding hydrogens is 394 g/mol. The molecular formula is C25H20ClN3O.